The van der Waals surface area contributed by atoms with E-state index >= 15 is 0 Å². The number of rotatable bonds is 5. The van der Waals surface area contributed by atoms with Crippen molar-refractivity contribution in [2.75, 3.05) is 18.4 Å². The van der Waals surface area contributed by atoms with Gasteiger partial charge in [0, 0.05) is 31.7 Å². The van der Waals surface area contributed by atoms with Gasteiger partial charge >= 0.3 is 0 Å². The van der Waals surface area contributed by atoms with Crippen molar-refractivity contribution in [3.63, 3.8) is 0 Å². The fraction of sp³-hybridized carbons (Fsp3) is 0.300. The molecule has 0 atom stereocenters. The van der Waals surface area contributed by atoms with Gasteiger partial charge < -0.3 is 5.32 Å². The summed E-state index contributed by atoms with van der Waals surface area (Å²) in [6.45, 7) is 3.29. The van der Waals surface area contributed by atoms with E-state index in [0.29, 0.717) is 6.04 Å². The lowest BCUT2D eigenvalue weighted by Gasteiger charge is -2.32. The fourth-order valence-electron chi connectivity index (χ4n) is 3.28. The molecule has 0 bridgehead atoms. The first-order valence-electron chi connectivity index (χ1n) is 8.75. The molecule has 0 aliphatic carbocycles. The third kappa shape index (κ3) is 4.24. The zero-order chi connectivity index (χ0) is 16.9. The van der Waals surface area contributed by atoms with Crippen molar-refractivity contribution in [1.82, 2.24) is 14.9 Å². The van der Waals surface area contributed by atoms with Crippen LogP contribution < -0.4 is 5.32 Å². The molecule has 0 spiro atoms. The largest absolute Gasteiger partial charge is 0.367 e. The van der Waals surface area contributed by atoms with Crippen LogP contribution in [-0.4, -0.2) is 34.0 Å². The number of anilines is 1. The Labute approximate surface area is 152 Å². The molecule has 4 nitrogen and oxygen atoms in total. The number of hydrogen-bond acceptors (Lipinski definition) is 5. The van der Waals surface area contributed by atoms with E-state index in [4.69, 9.17) is 0 Å². The molecule has 2 aromatic heterocycles. The van der Waals surface area contributed by atoms with Crippen LogP contribution in [0.15, 0.2) is 60.2 Å². The third-order valence-electron chi connectivity index (χ3n) is 4.63. The van der Waals surface area contributed by atoms with Crippen LogP contribution in [0.4, 0.5) is 5.82 Å². The van der Waals surface area contributed by atoms with Gasteiger partial charge in [0.1, 0.15) is 12.1 Å². The normalized spacial score (nSPS) is 16.0. The topological polar surface area (TPSA) is 41.0 Å². The molecule has 1 aliphatic rings. The minimum Gasteiger partial charge on any atom is -0.367 e. The first kappa shape index (κ1) is 16.2. The molecule has 3 aromatic rings. The number of nitrogens with zero attached hydrogens (tertiary/aromatic N) is 3. The van der Waals surface area contributed by atoms with Gasteiger partial charge in [0.15, 0.2) is 0 Å². The smallest absolute Gasteiger partial charge is 0.130 e. The molecular formula is C20H22N4S. The van der Waals surface area contributed by atoms with Crippen LogP contribution in [0.1, 0.15) is 18.4 Å². The number of benzene rings is 1. The summed E-state index contributed by atoms with van der Waals surface area (Å²) in [6, 6.07) is 17.4. The van der Waals surface area contributed by atoms with Crippen LogP contribution in [0.3, 0.4) is 0 Å². The third-order valence-corrected chi connectivity index (χ3v) is 5.52. The minimum atomic E-state index is 0.484. The van der Waals surface area contributed by atoms with Crippen molar-refractivity contribution in [2.24, 2.45) is 0 Å². The van der Waals surface area contributed by atoms with Crippen molar-refractivity contribution in [2.45, 2.75) is 25.4 Å². The van der Waals surface area contributed by atoms with Crippen LogP contribution in [0.2, 0.25) is 0 Å². The Hall–Kier alpha value is -2.24. The van der Waals surface area contributed by atoms with Crippen LogP contribution in [-0.2, 0) is 6.54 Å². The summed E-state index contributed by atoms with van der Waals surface area (Å²) < 4.78 is 0. The molecule has 128 valence electrons. The van der Waals surface area contributed by atoms with Crippen molar-refractivity contribution >= 4 is 17.2 Å². The van der Waals surface area contributed by atoms with Gasteiger partial charge in [0.2, 0.25) is 0 Å². The highest BCUT2D eigenvalue weighted by molar-refractivity contribution is 7.13. The Kier molecular flexibility index (Phi) is 5.04. The zero-order valence-electron chi connectivity index (χ0n) is 14.1. The molecule has 1 aliphatic heterocycles. The Balaban J connectivity index is 1.32. The first-order valence-corrected chi connectivity index (χ1v) is 9.63. The molecule has 1 saturated heterocycles. The fourth-order valence-corrected chi connectivity index (χ4v) is 3.97. The van der Waals surface area contributed by atoms with E-state index in [-0.39, 0.29) is 0 Å². The maximum atomic E-state index is 4.40. The summed E-state index contributed by atoms with van der Waals surface area (Å²) in [6.07, 6.45) is 3.94. The van der Waals surface area contributed by atoms with E-state index in [1.165, 1.54) is 10.4 Å². The molecule has 25 heavy (non-hydrogen) atoms. The molecule has 1 aromatic carbocycles. The lowest BCUT2D eigenvalue weighted by molar-refractivity contribution is 0.211. The SMILES string of the molecule is c1ccc(CN2CCC(Nc3cc(-c4cccs4)ncn3)CC2)cc1. The molecule has 1 fully saturated rings. The van der Waals surface area contributed by atoms with Gasteiger partial charge in [-0.05, 0) is 29.9 Å². The minimum absolute atomic E-state index is 0.484. The van der Waals surface area contributed by atoms with E-state index in [0.717, 1.165) is 44.0 Å². The number of likely N-dealkylation sites (tertiary alicyclic amines) is 1. The van der Waals surface area contributed by atoms with Crippen molar-refractivity contribution in [1.29, 1.82) is 0 Å². The van der Waals surface area contributed by atoms with Crippen LogP contribution in [0.5, 0.6) is 0 Å². The second-order valence-corrected chi connectivity index (χ2v) is 7.39. The number of piperidine rings is 1. The maximum Gasteiger partial charge on any atom is 0.130 e. The van der Waals surface area contributed by atoms with E-state index in [2.05, 4.69) is 74.1 Å². The second-order valence-electron chi connectivity index (χ2n) is 6.45. The maximum absolute atomic E-state index is 4.40. The van der Waals surface area contributed by atoms with E-state index in [9.17, 15) is 0 Å². The van der Waals surface area contributed by atoms with Crippen molar-refractivity contribution in [3.8, 4) is 10.6 Å². The molecule has 0 saturated carbocycles. The molecule has 1 N–H and O–H groups in total. The van der Waals surface area contributed by atoms with Crippen molar-refractivity contribution in [3.05, 3.63) is 65.8 Å². The average Bonchev–Trinajstić information content (AvgIpc) is 3.19. The summed E-state index contributed by atoms with van der Waals surface area (Å²) in [5, 5.41) is 5.67. The lowest BCUT2D eigenvalue weighted by Crippen LogP contribution is -2.38. The van der Waals surface area contributed by atoms with Gasteiger partial charge in [-0.25, -0.2) is 9.97 Å². The number of aromatic nitrogens is 2. The summed E-state index contributed by atoms with van der Waals surface area (Å²) in [4.78, 5) is 12.5. The van der Waals surface area contributed by atoms with Crippen molar-refractivity contribution < 1.29 is 0 Å². The molecule has 0 amide bonds. The Morgan fingerprint density at radius 3 is 2.64 bits per heavy atom. The second kappa shape index (κ2) is 7.76. The average molecular weight is 350 g/mol. The first-order chi connectivity index (χ1) is 12.4. The highest BCUT2D eigenvalue weighted by Gasteiger charge is 2.19. The van der Waals surface area contributed by atoms with Gasteiger partial charge in [-0.3, -0.25) is 4.90 Å². The Morgan fingerprint density at radius 2 is 1.88 bits per heavy atom. The summed E-state index contributed by atoms with van der Waals surface area (Å²) >= 11 is 1.71. The van der Waals surface area contributed by atoms with Gasteiger partial charge in [0.25, 0.3) is 0 Å². The quantitative estimate of drug-likeness (QED) is 0.746. The Bertz CT molecular complexity index is 780. The van der Waals surface area contributed by atoms with Gasteiger partial charge in [-0.1, -0.05) is 36.4 Å². The molecule has 0 unspecified atom stereocenters. The van der Waals surface area contributed by atoms with E-state index in [1.54, 1.807) is 17.7 Å². The van der Waals surface area contributed by atoms with Gasteiger partial charge in [-0.15, -0.1) is 11.3 Å². The van der Waals surface area contributed by atoms with Crippen LogP contribution in [0, 0.1) is 0 Å². The number of thiophene rings is 1. The summed E-state index contributed by atoms with van der Waals surface area (Å²) in [5.41, 5.74) is 2.39. The number of nitrogens with one attached hydrogen (secondary N) is 1. The van der Waals surface area contributed by atoms with E-state index < -0.39 is 0 Å². The summed E-state index contributed by atoms with van der Waals surface area (Å²) in [5.74, 6) is 0.930. The highest BCUT2D eigenvalue weighted by atomic mass is 32.1. The van der Waals surface area contributed by atoms with Gasteiger partial charge in [0.05, 0.1) is 10.6 Å². The summed E-state index contributed by atoms with van der Waals surface area (Å²) in [7, 11) is 0. The Morgan fingerprint density at radius 1 is 1.04 bits per heavy atom. The zero-order valence-corrected chi connectivity index (χ0v) is 15.0. The monoisotopic (exact) mass is 350 g/mol. The van der Waals surface area contributed by atoms with E-state index in [1.807, 2.05) is 0 Å². The van der Waals surface area contributed by atoms with Gasteiger partial charge in [-0.2, -0.15) is 0 Å². The molecular weight excluding hydrogens is 328 g/mol. The molecule has 0 radical (unpaired) electrons. The van der Waals surface area contributed by atoms with Crippen LogP contribution in [0.25, 0.3) is 10.6 Å². The predicted octanol–water partition coefficient (Wildman–Crippen LogP) is 4.28. The lowest BCUT2D eigenvalue weighted by atomic mass is 10.0. The molecule has 5 heteroatoms. The van der Waals surface area contributed by atoms with Crippen LogP contribution >= 0.6 is 11.3 Å². The highest BCUT2D eigenvalue weighted by Crippen LogP contribution is 2.24. The number of hydrogen-bond donors (Lipinski definition) is 1. The molecule has 4 rings (SSSR count). The predicted molar refractivity (Wildman–Crippen MR) is 104 cm³/mol. The molecule has 3 heterocycles. The standard InChI is InChI=1S/C20H22N4S/c1-2-5-16(6-3-1)14-24-10-8-17(9-11-24)23-20-13-18(21-15-22-20)19-7-4-12-25-19/h1-7,12-13,15,17H,8-11,14H2,(H,21,22,23).